The fourth-order valence-corrected chi connectivity index (χ4v) is 5.54. The second-order valence-corrected chi connectivity index (χ2v) is 10.9. The van der Waals surface area contributed by atoms with Crippen molar-refractivity contribution in [1.82, 2.24) is 0 Å². The quantitative estimate of drug-likeness (QED) is 0.252. The molecule has 0 saturated carbocycles. The van der Waals surface area contributed by atoms with E-state index in [-0.39, 0.29) is 33.6 Å². The Morgan fingerprint density at radius 1 is 1.12 bits per heavy atom. The highest BCUT2D eigenvalue weighted by Crippen LogP contribution is 2.42. The predicted octanol–water partition coefficient (Wildman–Crippen LogP) is 7.70. The van der Waals surface area contributed by atoms with Crippen molar-refractivity contribution in [3.05, 3.63) is 109 Å². The molecule has 0 spiro atoms. The Morgan fingerprint density at radius 3 is 2.52 bits per heavy atom. The maximum absolute atomic E-state index is 12.9. The zero-order valence-electron chi connectivity index (χ0n) is 21.9. The third kappa shape index (κ3) is 6.78. The number of hydrogen-bond donors (Lipinski definition) is 1. The minimum absolute atomic E-state index is 0.0104. The monoisotopic (exact) mass is 641 g/mol. The minimum atomic E-state index is -0.791. The highest BCUT2D eigenvalue weighted by Gasteiger charge is 2.34. The van der Waals surface area contributed by atoms with Crippen molar-refractivity contribution in [2.24, 2.45) is 4.99 Å². The molecule has 4 rings (SSSR count). The van der Waals surface area contributed by atoms with E-state index < -0.39 is 11.9 Å². The van der Waals surface area contributed by atoms with Crippen molar-refractivity contribution in [1.29, 1.82) is 0 Å². The normalized spacial score (nSPS) is 15.0. The number of thioether (sulfide) groups is 1. The molecule has 0 aliphatic carbocycles. The third-order valence-corrected chi connectivity index (χ3v) is 7.67. The number of carbonyl (C=O) groups excluding carboxylic acids is 2. The number of methoxy groups -OCH3 is 1. The molecule has 1 N–H and O–H groups in total. The Balaban J connectivity index is 1.66. The molecule has 3 aromatic rings. The number of rotatable bonds is 8. The lowest BCUT2D eigenvalue weighted by Gasteiger charge is -2.14. The molecule has 40 heavy (non-hydrogen) atoms. The summed E-state index contributed by atoms with van der Waals surface area (Å²) >= 11 is 10.7. The van der Waals surface area contributed by atoms with Crippen molar-refractivity contribution in [2.75, 3.05) is 13.7 Å². The van der Waals surface area contributed by atoms with Gasteiger partial charge in [0.05, 0.1) is 33.7 Å². The van der Waals surface area contributed by atoms with Gasteiger partial charge in [-0.05, 0) is 71.2 Å². The van der Waals surface area contributed by atoms with E-state index in [0.717, 1.165) is 22.9 Å². The van der Waals surface area contributed by atoms with Gasteiger partial charge in [0.15, 0.2) is 11.5 Å². The minimum Gasteiger partial charge on any atom is -0.506 e. The van der Waals surface area contributed by atoms with Crippen LogP contribution in [0.2, 0.25) is 5.02 Å². The van der Waals surface area contributed by atoms with Gasteiger partial charge in [-0.2, -0.15) is 0 Å². The van der Waals surface area contributed by atoms with E-state index in [9.17, 15) is 14.7 Å². The van der Waals surface area contributed by atoms with Crippen LogP contribution in [-0.2, 0) is 16.1 Å². The molecule has 0 radical (unpaired) electrons. The highest BCUT2D eigenvalue weighted by atomic mass is 79.9. The molecule has 10 heteroatoms. The van der Waals surface area contributed by atoms with Gasteiger partial charge >= 0.3 is 5.97 Å². The van der Waals surface area contributed by atoms with Crippen LogP contribution in [0.3, 0.4) is 0 Å². The molecule has 1 heterocycles. The Kier molecular flexibility index (Phi) is 9.73. The van der Waals surface area contributed by atoms with Crippen LogP contribution in [0.4, 0.5) is 0 Å². The molecule has 206 valence electrons. The molecule has 1 aliphatic heterocycles. The summed E-state index contributed by atoms with van der Waals surface area (Å²) < 4.78 is 17.4. The second-order valence-electron chi connectivity index (χ2n) is 8.57. The first-order valence-corrected chi connectivity index (χ1v) is 14.1. The topological polar surface area (TPSA) is 94.4 Å². The summed E-state index contributed by atoms with van der Waals surface area (Å²) in [6.45, 7) is 4.09. The summed E-state index contributed by atoms with van der Waals surface area (Å²) in [5.74, 6) is -0.801. The smallest absolute Gasteiger partial charge is 0.344 e. The largest absolute Gasteiger partial charge is 0.506 e. The van der Waals surface area contributed by atoms with Gasteiger partial charge in [0.25, 0.3) is 5.91 Å². The van der Waals surface area contributed by atoms with Crippen LogP contribution in [0.25, 0.3) is 6.08 Å². The number of hydrogen-bond acceptors (Lipinski definition) is 7. The maximum Gasteiger partial charge on any atom is 0.344 e. The van der Waals surface area contributed by atoms with Gasteiger partial charge in [-0.15, -0.1) is 0 Å². The summed E-state index contributed by atoms with van der Waals surface area (Å²) in [5.41, 5.74) is 2.79. The Bertz CT molecular complexity index is 1550. The molecular weight excluding hydrogens is 618 g/mol. The highest BCUT2D eigenvalue weighted by molar-refractivity contribution is 9.10. The molecule has 3 aromatic carbocycles. The summed E-state index contributed by atoms with van der Waals surface area (Å²) in [7, 11) is 1.53. The van der Waals surface area contributed by atoms with Gasteiger partial charge in [-0.3, -0.25) is 4.79 Å². The molecule has 0 saturated heterocycles. The molecule has 7 nitrogen and oxygen atoms in total. The third-order valence-electron chi connectivity index (χ3n) is 5.73. The van der Waals surface area contributed by atoms with Crippen LogP contribution in [0.15, 0.2) is 86.4 Å². The van der Waals surface area contributed by atoms with Gasteiger partial charge in [-0.1, -0.05) is 65.3 Å². The number of benzene rings is 3. The van der Waals surface area contributed by atoms with E-state index in [1.807, 2.05) is 31.2 Å². The van der Waals surface area contributed by atoms with Crippen molar-refractivity contribution >= 4 is 62.3 Å². The molecule has 1 amide bonds. The number of carbonyl (C=O) groups is 2. The fraction of sp³-hybridized carbons (Fsp3) is 0.167. The summed E-state index contributed by atoms with van der Waals surface area (Å²) in [4.78, 5) is 30.0. The summed E-state index contributed by atoms with van der Waals surface area (Å²) in [6.07, 6.45) is 1.65. The number of aliphatic hydroxyl groups excluding tert-OH is 1. The number of aryl methyl sites for hydroxylation is 1. The van der Waals surface area contributed by atoms with Crippen molar-refractivity contribution in [3.63, 3.8) is 0 Å². The van der Waals surface area contributed by atoms with Gasteiger partial charge < -0.3 is 19.3 Å². The maximum atomic E-state index is 12.9. The lowest BCUT2D eigenvalue weighted by atomic mass is 10.1. The molecule has 0 aromatic heterocycles. The summed E-state index contributed by atoms with van der Waals surface area (Å²) in [6, 6.07) is 18.0. The van der Waals surface area contributed by atoms with Crippen LogP contribution in [-0.4, -0.2) is 35.7 Å². The van der Waals surface area contributed by atoms with Gasteiger partial charge in [0.1, 0.15) is 23.0 Å². The number of aliphatic hydroxyl groups is 1. The average molecular weight is 643 g/mol. The average Bonchev–Trinajstić information content (AvgIpc) is 3.22. The Labute approximate surface area is 249 Å². The molecule has 0 bridgehead atoms. The molecule has 0 unspecified atom stereocenters. The van der Waals surface area contributed by atoms with Crippen LogP contribution < -0.4 is 9.47 Å². The van der Waals surface area contributed by atoms with Crippen molar-refractivity contribution in [2.45, 2.75) is 20.5 Å². The number of amides is 1. The molecule has 1 aliphatic rings. The SMILES string of the molecule is CCOC(=O)C1=C(O)/C(=C/c2cc(Br)c(OCc3ccc(C)cc3)c(OC)c2)SC1=NC(=O)c1ccccc1Cl. The van der Waals surface area contributed by atoms with Crippen LogP contribution >= 0.6 is 39.3 Å². The standard InChI is InChI=1S/C30H25BrClNO6S/c1-4-38-30(36)25-26(34)24(40-29(25)33-28(35)20-7-5-6-8-22(20)32)15-19-13-21(31)27(23(14-19)37-3)39-16-18-11-9-17(2)10-12-18/h5-15,34H,4,16H2,1-3H3/b24-15-,33-29?. The lowest BCUT2D eigenvalue weighted by molar-refractivity contribution is -0.138. The lowest BCUT2D eigenvalue weighted by Crippen LogP contribution is -2.14. The predicted molar refractivity (Wildman–Crippen MR) is 161 cm³/mol. The van der Waals surface area contributed by atoms with E-state index in [1.54, 1.807) is 43.3 Å². The first-order valence-electron chi connectivity index (χ1n) is 12.2. The Morgan fingerprint density at radius 2 is 1.85 bits per heavy atom. The zero-order chi connectivity index (χ0) is 28.8. The van der Waals surface area contributed by atoms with Crippen molar-refractivity contribution < 1.29 is 28.9 Å². The first kappa shape index (κ1) is 29.5. The second kappa shape index (κ2) is 13.2. The van der Waals surface area contributed by atoms with Crippen LogP contribution in [0.5, 0.6) is 11.5 Å². The van der Waals surface area contributed by atoms with Crippen molar-refractivity contribution in [3.8, 4) is 11.5 Å². The van der Waals surface area contributed by atoms with E-state index in [4.69, 9.17) is 25.8 Å². The number of esters is 1. The fourth-order valence-electron chi connectivity index (χ4n) is 3.73. The number of nitrogens with zero attached hydrogens (tertiary/aromatic N) is 1. The van der Waals surface area contributed by atoms with E-state index in [0.29, 0.717) is 33.0 Å². The summed E-state index contributed by atoms with van der Waals surface area (Å²) in [5, 5.41) is 11.2. The Hall–Kier alpha value is -3.53. The first-order chi connectivity index (χ1) is 19.2. The molecule has 0 fully saturated rings. The van der Waals surface area contributed by atoms with E-state index in [2.05, 4.69) is 20.9 Å². The number of aliphatic imine (C=N–C) groups is 1. The van der Waals surface area contributed by atoms with Crippen LogP contribution in [0, 0.1) is 6.92 Å². The molecular formula is C30H25BrClNO6S. The van der Waals surface area contributed by atoms with E-state index >= 15 is 0 Å². The van der Waals surface area contributed by atoms with Gasteiger partial charge in [0.2, 0.25) is 0 Å². The van der Waals surface area contributed by atoms with Gasteiger partial charge in [0, 0.05) is 0 Å². The number of ether oxygens (including phenoxy) is 3. The zero-order valence-corrected chi connectivity index (χ0v) is 25.0. The van der Waals surface area contributed by atoms with E-state index in [1.165, 1.54) is 13.2 Å². The number of halogens is 2. The van der Waals surface area contributed by atoms with Gasteiger partial charge in [-0.25, -0.2) is 9.79 Å². The molecule has 0 atom stereocenters. The van der Waals surface area contributed by atoms with Crippen LogP contribution in [0.1, 0.15) is 34.0 Å².